The van der Waals surface area contributed by atoms with Crippen molar-refractivity contribution in [2.45, 2.75) is 20.3 Å². The molecule has 80 valence electrons. The molecule has 1 N–H and O–H groups in total. The number of hydrogen-bond donors (Lipinski definition) is 1. The molecule has 0 aliphatic heterocycles. The van der Waals surface area contributed by atoms with Gasteiger partial charge >= 0.3 is 0 Å². The van der Waals surface area contributed by atoms with Gasteiger partial charge in [0, 0.05) is 13.0 Å². The van der Waals surface area contributed by atoms with Crippen LogP contribution in [0.4, 0.5) is 0 Å². The summed E-state index contributed by atoms with van der Waals surface area (Å²) in [7, 11) is 0. The lowest BCUT2D eigenvalue weighted by atomic mass is 10.2. The van der Waals surface area contributed by atoms with Gasteiger partial charge in [0.25, 0.3) is 0 Å². The van der Waals surface area contributed by atoms with Gasteiger partial charge in [0.2, 0.25) is 0 Å². The second-order valence-corrected chi connectivity index (χ2v) is 5.26. The zero-order valence-corrected chi connectivity index (χ0v) is 11.6. The summed E-state index contributed by atoms with van der Waals surface area (Å²) in [5.41, 5.74) is 0. The van der Waals surface area contributed by atoms with Gasteiger partial charge < -0.3 is 9.73 Å². The van der Waals surface area contributed by atoms with E-state index in [0.717, 1.165) is 34.4 Å². The largest absolute Gasteiger partial charge is 0.453 e. The normalized spacial score (nSPS) is 11.2. The van der Waals surface area contributed by atoms with Crippen LogP contribution in [0.15, 0.2) is 19.6 Å². The lowest BCUT2D eigenvalue weighted by molar-refractivity contribution is 0.470. The first-order valence-electron chi connectivity index (χ1n) is 4.74. The Morgan fingerprint density at radius 3 is 2.64 bits per heavy atom. The van der Waals surface area contributed by atoms with Gasteiger partial charge in [-0.1, -0.05) is 13.8 Å². The molecule has 0 aromatic carbocycles. The molecule has 0 radical (unpaired) electrons. The van der Waals surface area contributed by atoms with Crippen LogP contribution in [0.1, 0.15) is 19.6 Å². The summed E-state index contributed by atoms with van der Waals surface area (Å²) in [5, 5.41) is 3.37. The predicted molar refractivity (Wildman–Crippen MR) is 65.5 cm³/mol. The van der Waals surface area contributed by atoms with Crippen molar-refractivity contribution in [3.8, 4) is 0 Å². The molecule has 0 saturated heterocycles. The van der Waals surface area contributed by atoms with Crippen molar-refractivity contribution in [2.24, 2.45) is 5.92 Å². The van der Waals surface area contributed by atoms with Crippen LogP contribution in [0.2, 0.25) is 0 Å². The highest BCUT2D eigenvalue weighted by molar-refractivity contribution is 9.13. The van der Waals surface area contributed by atoms with Crippen molar-refractivity contribution in [3.63, 3.8) is 0 Å². The van der Waals surface area contributed by atoms with Crippen molar-refractivity contribution >= 4 is 31.9 Å². The van der Waals surface area contributed by atoms with Gasteiger partial charge in [-0.15, -0.1) is 0 Å². The maximum absolute atomic E-state index is 5.45. The fourth-order valence-electron chi connectivity index (χ4n) is 1.12. The molecule has 2 nitrogen and oxygen atoms in total. The van der Waals surface area contributed by atoms with Gasteiger partial charge in [-0.05, 0) is 50.4 Å². The van der Waals surface area contributed by atoms with Crippen LogP contribution in [0.5, 0.6) is 0 Å². The average Bonchev–Trinajstić information content (AvgIpc) is 2.40. The highest BCUT2D eigenvalue weighted by Gasteiger charge is 2.05. The Morgan fingerprint density at radius 1 is 1.43 bits per heavy atom. The highest BCUT2D eigenvalue weighted by Crippen LogP contribution is 2.26. The Hall–Kier alpha value is 0.200. The van der Waals surface area contributed by atoms with E-state index in [0.29, 0.717) is 5.92 Å². The van der Waals surface area contributed by atoms with Crippen LogP contribution in [-0.2, 0) is 6.42 Å². The Morgan fingerprint density at radius 2 is 2.14 bits per heavy atom. The summed E-state index contributed by atoms with van der Waals surface area (Å²) in [4.78, 5) is 0. The molecule has 1 aromatic rings. The predicted octanol–water partition coefficient (Wildman–Crippen LogP) is 3.59. The fraction of sp³-hybridized carbons (Fsp3) is 0.600. The molecule has 14 heavy (non-hydrogen) atoms. The number of furan rings is 1. The fourth-order valence-corrected chi connectivity index (χ4v) is 1.78. The number of rotatable bonds is 5. The van der Waals surface area contributed by atoms with Crippen LogP contribution in [0.25, 0.3) is 0 Å². The number of nitrogens with one attached hydrogen (secondary N) is 1. The van der Waals surface area contributed by atoms with E-state index in [-0.39, 0.29) is 0 Å². The van der Waals surface area contributed by atoms with Gasteiger partial charge in [-0.3, -0.25) is 0 Å². The van der Waals surface area contributed by atoms with E-state index >= 15 is 0 Å². The maximum atomic E-state index is 5.45. The van der Waals surface area contributed by atoms with E-state index in [2.05, 4.69) is 51.0 Å². The Labute approximate surface area is 102 Å². The molecule has 0 saturated carbocycles. The second kappa shape index (κ2) is 5.93. The summed E-state index contributed by atoms with van der Waals surface area (Å²) in [6, 6.07) is 2.00. The standard InChI is InChI=1S/C10H15Br2NO/c1-7(2)6-13-4-3-8-5-9(11)10(12)14-8/h5,7,13H,3-4,6H2,1-2H3. The van der Waals surface area contributed by atoms with E-state index in [1.807, 2.05) is 6.07 Å². The van der Waals surface area contributed by atoms with E-state index < -0.39 is 0 Å². The summed E-state index contributed by atoms with van der Waals surface area (Å²) in [5.74, 6) is 1.70. The molecule has 0 atom stereocenters. The van der Waals surface area contributed by atoms with E-state index in [1.54, 1.807) is 0 Å². The molecule has 1 rings (SSSR count). The molecule has 0 spiro atoms. The Bertz CT molecular complexity index is 264. The molecule has 0 fully saturated rings. The molecular formula is C10H15Br2NO. The second-order valence-electron chi connectivity index (χ2n) is 3.68. The SMILES string of the molecule is CC(C)CNCCc1cc(Br)c(Br)o1. The molecule has 0 unspecified atom stereocenters. The average molecular weight is 325 g/mol. The van der Waals surface area contributed by atoms with Crippen molar-refractivity contribution in [2.75, 3.05) is 13.1 Å². The molecular weight excluding hydrogens is 310 g/mol. The van der Waals surface area contributed by atoms with Crippen LogP contribution < -0.4 is 5.32 Å². The molecule has 0 aliphatic carbocycles. The van der Waals surface area contributed by atoms with Crippen LogP contribution in [0, 0.1) is 5.92 Å². The summed E-state index contributed by atoms with van der Waals surface area (Å²) < 4.78 is 7.21. The van der Waals surface area contributed by atoms with Crippen LogP contribution >= 0.6 is 31.9 Å². The van der Waals surface area contributed by atoms with Gasteiger partial charge in [0.05, 0.1) is 4.47 Å². The van der Waals surface area contributed by atoms with Gasteiger partial charge in [0.15, 0.2) is 4.67 Å². The first-order valence-corrected chi connectivity index (χ1v) is 6.32. The molecule has 0 bridgehead atoms. The zero-order chi connectivity index (χ0) is 10.6. The van der Waals surface area contributed by atoms with Crippen LogP contribution in [-0.4, -0.2) is 13.1 Å². The third-order valence-corrected chi connectivity index (χ3v) is 3.51. The third-order valence-electron chi connectivity index (χ3n) is 1.80. The van der Waals surface area contributed by atoms with Crippen LogP contribution in [0.3, 0.4) is 0 Å². The first-order chi connectivity index (χ1) is 6.59. The van der Waals surface area contributed by atoms with Gasteiger partial charge in [-0.2, -0.15) is 0 Å². The smallest absolute Gasteiger partial charge is 0.183 e. The number of halogens is 2. The monoisotopic (exact) mass is 323 g/mol. The lowest BCUT2D eigenvalue weighted by Gasteiger charge is -2.05. The summed E-state index contributed by atoms with van der Waals surface area (Å²) in [6.07, 6.45) is 0.928. The topological polar surface area (TPSA) is 25.2 Å². The maximum Gasteiger partial charge on any atom is 0.183 e. The molecule has 4 heteroatoms. The Balaban J connectivity index is 2.25. The van der Waals surface area contributed by atoms with Crippen molar-refractivity contribution in [1.29, 1.82) is 0 Å². The minimum Gasteiger partial charge on any atom is -0.453 e. The van der Waals surface area contributed by atoms with Crippen molar-refractivity contribution in [1.82, 2.24) is 5.32 Å². The Kier molecular flexibility index (Phi) is 5.20. The quantitative estimate of drug-likeness (QED) is 0.837. The first kappa shape index (κ1) is 12.3. The molecule has 1 heterocycles. The van der Waals surface area contributed by atoms with Crippen molar-refractivity contribution in [3.05, 3.63) is 21.0 Å². The van der Waals surface area contributed by atoms with Gasteiger partial charge in [-0.25, -0.2) is 0 Å². The van der Waals surface area contributed by atoms with Crippen molar-refractivity contribution < 1.29 is 4.42 Å². The minimum atomic E-state index is 0.699. The third kappa shape index (κ3) is 4.15. The summed E-state index contributed by atoms with van der Waals surface area (Å²) in [6.45, 7) is 6.42. The molecule has 1 aromatic heterocycles. The molecule has 0 amide bonds. The molecule has 0 aliphatic rings. The number of hydrogen-bond acceptors (Lipinski definition) is 2. The van der Waals surface area contributed by atoms with E-state index in [4.69, 9.17) is 4.42 Å². The summed E-state index contributed by atoms with van der Waals surface area (Å²) >= 11 is 6.70. The lowest BCUT2D eigenvalue weighted by Crippen LogP contribution is -2.21. The van der Waals surface area contributed by atoms with Gasteiger partial charge in [0.1, 0.15) is 5.76 Å². The highest BCUT2D eigenvalue weighted by atomic mass is 79.9. The minimum absolute atomic E-state index is 0.699. The van der Waals surface area contributed by atoms with E-state index in [9.17, 15) is 0 Å². The zero-order valence-electron chi connectivity index (χ0n) is 8.44. The van der Waals surface area contributed by atoms with E-state index in [1.165, 1.54) is 0 Å².